The van der Waals surface area contributed by atoms with Crippen LogP contribution >= 0.6 is 11.3 Å². The molecule has 2 atom stereocenters. The summed E-state index contributed by atoms with van der Waals surface area (Å²) >= 11 is 1.65. The van der Waals surface area contributed by atoms with Crippen molar-refractivity contribution in [2.24, 2.45) is 10.7 Å². The molecule has 0 aliphatic carbocycles. The first-order valence-electron chi connectivity index (χ1n) is 7.41. The molecule has 0 saturated heterocycles. The molecular weight excluding hydrogens is 296 g/mol. The Hall–Kier alpha value is -2.08. The Balaban J connectivity index is 1.62. The van der Waals surface area contributed by atoms with Gasteiger partial charge in [-0.25, -0.2) is 4.98 Å². The lowest BCUT2D eigenvalue weighted by Crippen LogP contribution is -2.37. The minimum Gasteiger partial charge on any atom is -0.493 e. The van der Waals surface area contributed by atoms with Crippen molar-refractivity contribution in [3.8, 4) is 5.75 Å². The molecule has 3 rings (SSSR count). The van der Waals surface area contributed by atoms with Crippen LogP contribution in [0, 0.1) is 0 Å². The molecule has 1 aromatic carbocycles. The van der Waals surface area contributed by atoms with E-state index in [1.807, 2.05) is 29.8 Å². The average molecular weight is 316 g/mol. The molecule has 22 heavy (non-hydrogen) atoms. The van der Waals surface area contributed by atoms with Gasteiger partial charge < -0.3 is 15.8 Å². The van der Waals surface area contributed by atoms with Crippen LogP contribution in [-0.4, -0.2) is 24.1 Å². The van der Waals surface area contributed by atoms with Crippen LogP contribution in [0.25, 0.3) is 0 Å². The van der Waals surface area contributed by atoms with Gasteiger partial charge in [0.2, 0.25) is 0 Å². The number of benzene rings is 1. The molecule has 5 nitrogen and oxygen atoms in total. The Bertz CT molecular complexity index is 641. The minimum absolute atomic E-state index is 0.156. The average Bonchev–Trinajstić information content (AvgIpc) is 3.07. The van der Waals surface area contributed by atoms with Gasteiger partial charge in [0.1, 0.15) is 5.75 Å². The fourth-order valence-electron chi connectivity index (χ4n) is 2.51. The van der Waals surface area contributed by atoms with Crippen molar-refractivity contribution in [3.05, 3.63) is 46.4 Å². The van der Waals surface area contributed by atoms with Crippen LogP contribution in [0.2, 0.25) is 0 Å². The van der Waals surface area contributed by atoms with Gasteiger partial charge in [0.15, 0.2) is 5.96 Å². The summed E-state index contributed by atoms with van der Waals surface area (Å²) in [6.07, 6.45) is 2.70. The van der Waals surface area contributed by atoms with E-state index in [0.717, 1.165) is 22.7 Å². The summed E-state index contributed by atoms with van der Waals surface area (Å²) in [5.74, 6) is 1.68. The number of aliphatic imine (C=N–C) groups is 1. The maximum absolute atomic E-state index is 6.04. The summed E-state index contributed by atoms with van der Waals surface area (Å²) < 4.78 is 5.65. The molecule has 116 valence electrons. The van der Waals surface area contributed by atoms with Gasteiger partial charge in [-0.05, 0) is 6.07 Å². The molecule has 0 fully saturated rings. The maximum atomic E-state index is 6.04. The molecule has 6 heteroatoms. The molecule has 1 aromatic heterocycles. The number of fused-ring (bicyclic) bond motifs is 1. The Morgan fingerprint density at radius 1 is 1.55 bits per heavy atom. The molecule has 1 aliphatic heterocycles. The normalized spacial score (nSPS) is 19.1. The van der Waals surface area contributed by atoms with Crippen LogP contribution in [0.15, 0.2) is 40.8 Å². The third-order valence-electron chi connectivity index (χ3n) is 3.69. The largest absolute Gasteiger partial charge is 0.493 e. The van der Waals surface area contributed by atoms with Crippen molar-refractivity contribution in [2.75, 3.05) is 13.2 Å². The molecule has 2 aromatic rings. The summed E-state index contributed by atoms with van der Waals surface area (Å²) in [5, 5.41) is 6.38. The Labute approximate surface area is 134 Å². The zero-order chi connectivity index (χ0) is 15.4. The zero-order valence-corrected chi connectivity index (χ0v) is 13.3. The summed E-state index contributed by atoms with van der Waals surface area (Å²) in [4.78, 5) is 8.77. The van der Waals surface area contributed by atoms with Crippen LogP contribution < -0.4 is 15.8 Å². The van der Waals surface area contributed by atoms with Gasteiger partial charge in [0, 0.05) is 29.5 Å². The lowest BCUT2D eigenvalue weighted by molar-refractivity contribution is 0.262. The lowest BCUT2D eigenvalue weighted by atomic mass is 10.0. The third kappa shape index (κ3) is 3.39. The molecular formula is C16H20N4OS. The number of guanidine groups is 1. The number of thiazole rings is 1. The summed E-state index contributed by atoms with van der Waals surface area (Å²) in [7, 11) is 0. The SMILES string of the molecule is CC(CN=C(N)NC1CCOc2ccccc21)c1nccs1. The van der Waals surface area contributed by atoms with E-state index in [-0.39, 0.29) is 12.0 Å². The van der Waals surface area contributed by atoms with Gasteiger partial charge in [-0.2, -0.15) is 0 Å². The number of aromatic nitrogens is 1. The highest BCUT2D eigenvalue weighted by molar-refractivity contribution is 7.09. The molecule has 2 unspecified atom stereocenters. The number of nitrogens with zero attached hydrogens (tertiary/aromatic N) is 2. The maximum Gasteiger partial charge on any atom is 0.189 e. The Morgan fingerprint density at radius 3 is 3.23 bits per heavy atom. The first-order chi connectivity index (χ1) is 10.7. The van der Waals surface area contributed by atoms with Crippen molar-refractivity contribution in [1.82, 2.24) is 10.3 Å². The van der Waals surface area contributed by atoms with Crippen LogP contribution in [0.5, 0.6) is 5.75 Å². The van der Waals surface area contributed by atoms with Crippen molar-refractivity contribution < 1.29 is 4.74 Å². The van der Waals surface area contributed by atoms with E-state index < -0.39 is 0 Å². The number of ether oxygens (including phenoxy) is 1. The summed E-state index contributed by atoms with van der Waals surface area (Å²) in [6, 6.07) is 8.21. The second-order valence-corrected chi connectivity index (χ2v) is 6.30. The van der Waals surface area contributed by atoms with Gasteiger partial charge in [0.05, 0.1) is 24.2 Å². The van der Waals surface area contributed by atoms with E-state index in [0.29, 0.717) is 19.1 Å². The zero-order valence-electron chi connectivity index (χ0n) is 12.5. The number of para-hydroxylation sites is 1. The first kappa shape index (κ1) is 14.8. The fourth-order valence-corrected chi connectivity index (χ4v) is 3.20. The summed E-state index contributed by atoms with van der Waals surface area (Å²) in [6.45, 7) is 3.44. The fraction of sp³-hybridized carbons (Fsp3) is 0.375. The monoisotopic (exact) mass is 316 g/mol. The predicted octanol–water partition coefficient (Wildman–Crippen LogP) is 2.67. The van der Waals surface area contributed by atoms with E-state index in [1.54, 1.807) is 11.3 Å². The smallest absolute Gasteiger partial charge is 0.189 e. The van der Waals surface area contributed by atoms with Crippen LogP contribution in [-0.2, 0) is 0 Å². The van der Waals surface area contributed by atoms with E-state index in [9.17, 15) is 0 Å². The highest BCUT2D eigenvalue weighted by Gasteiger charge is 2.21. The third-order valence-corrected chi connectivity index (χ3v) is 4.70. The molecule has 1 aliphatic rings. The van der Waals surface area contributed by atoms with Crippen molar-refractivity contribution in [2.45, 2.75) is 25.3 Å². The van der Waals surface area contributed by atoms with Gasteiger partial charge in [0.25, 0.3) is 0 Å². The Kier molecular flexibility index (Phi) is 4.58. The number of rotatable bonds is 4. The number of nitrogens with two attached hydrogens (primary N) is 1. The molecule has 3 N–H and O–H groups in total. The molecule has 0 spiro atoms. The molecule has 0 amide bonds. The lowest BCUT2D eigenvalue weighted by Gasteiger charge is -2.27. The van der Waals surface area contributed by atoms with Gasteiger partial charge in [-0.3, -0.25) is 4.99 Å². The highest BCUT2D eigenvalue weighted by Crippen LogP contribution is 2.31. The van der Waals surface area contributed by atoms with Crippen molar-refractivity contribution in [3.63, 3.8) is 0 Å². The second kappa shape index (κ2) is 6.79. The van der Waals surface area contributed by atoms with Crippen LogP contribution in [0.3, 0.4) is 0 Å². The molecule has 0 bridgehead atoms. The van der Waals surface area contributed by atoms with Gasteiger partial charge >= 0.3 is 0 Å². The van der Waals surface area contributed by atoms with Gasteiger partial charge in [-0.15, -0.1) is 11.3 Å². The first-order valence-corrected chi connectivity index (χ1v) is 8.29. The van der Waals surface area contributed by atoms with Crippen molar-refractivity contribution in [1.29, 1.82) is 0 Å². The van der Waals surface area contributed by atoms with E-state index >= 15 is 0 Å². The van der Waals surface area contributed by atoms with Crippen LogP contribution in [0.4, 0.5) is 0 Å². The minimum atomic E-state index is 0.156. The second-order valence-electron chi connectivity index (χ2n) is 5.37. The predicted molar refractivity (Wildman–Crippen MR) is 89.4 cm³/mol. The van der Waals surface area contributed by atoms with E-state index in [1.165, 1.54) is 0 Å². The van der Waals surface area contributed by atoms with E-state index in [4.69, 9.17) is 10.5 Å². The number of hydrogen-bond acceptors (Lipinski definition) is 4. The quantitative estimate of drug-likeness (QED) is 0.672. The standard InChI is InChI=1S/C16H20N4OS/c1-11(15-18-7-9-22-15)10-19-16(17)20-13-6-8-21-14-5-3-2-4-12(13)14/h2-5,7,9,11,13H,6,8,10H2,1H3,(H3,17,19,20). The summed E-state index contributed by atoms with van der Waals surface area (Å²) in [5.41, 5.74) is 7.18. The van der Waals surface area contributed by atoms with Gasteiger partial charge in [-0.1, -0.05) is 25.1 Å². The Morgan fingerprint density at radius 2 is 2.41 bits per heavy atom. The van der Waals surface area contributed by atoms with Crippen molar-refractivity contribution >= 4 is 17.3 Å². The van der Waals surface area contributed by atoms with E-state index in [2.05, 4.69) is 28.3 Å². The van der Waals surface area contributed by atoms with Crippen LogP contribution in [0.1, 0.15) is 35.9 Å². The molecule has 0 radical (unpaired) electrons. The number of nitrogens with one attached hydrogen (secondary N) is 1. The topological polar surface area (TPSA) is 72.5 Å². The molecule has 2 heterocycles. The highest BCUT2D eigenvalue weighted by atomic mass is 32.1. The number of hydrogen-bond donors (Lipinski definition) is 2. The molecule has 0 saturated carbocycles.